The van der Waals surface area contributed by atoms with Crippen molar-refractivity contribution < 1.29 is 4.79 Å². The van der Waals surface area contributed by atoms with Crippen LogP contribution in [-0.2, 0) is 11.3 Å². The molecule has 2 N–H and O–H groups in total. The molecule has 2 rings (SSSR count). The number of nitrogens with zero attached hydrogens (tertiary/aromatic N) is 1. The molecule has 0 saturated heterocycles. The molecular formula is C15H22Cl2N2O. The third kappa shape index (κ3) is 4.11. The van der Waals surface area contributed by atoms with Crippen molar-refractivity contribution in [2.75, 3.05) is 6.54 Å². The minimum atomic E-state index is 0. The average molecular weight is 317 g/mol. The largest absolute Gasteiger partial charge is 0.338 e. The predicted molar refractivity (Wildman–Crippen MR) is 85.1 cm³/mol. The van der Waals surface area contributed by atoms with E-state index in [4.69, 9.17) is 17.3 Å². The Morgan fingerprint density at radius 3 is 2.65 bits per heavy atom. The van der Waals surface area contributed by atoms with Crippen molar-refractivity contribution in [1.29, 1.82) is 0 Å². The Morgan fingerprint density at radius 1 is 1.40 bits per heavy atom. The van der Waals surface area contributed by atoms with Gasteiger partial charge in [-0.1, -0.05) is 29.8 Å². The number of carbonyl (C=O) groups excluding carboxylic acids is 1. The van der Waals surface area contributed by atoms with Crippen LogP contribution < -0.4 is 5.73 Å². The highest BCUT2D eigenvalue weighted by Crippen LogP contribution is 2.27. The number of halogens is 2. The summed E-state index contributed by atoms with van der Waals surface area (Å²) in [6.07, 6.45) is 2.69. The Kier molecular flexibility index (Phi) is 6.80. The molecule has 0 spiro atoms. The lowest BCUT2D eigenvalue weighted by Gasteiger charge is -2.24. The Labute approximate surface area is 131 Å². The summed E-state index contributed by atoms with van der Waals surface area (Å²) in [5.41, 5.74) is 6.89. The molecule has 1 fully saturated rings. The van der Waals surface area contributed by atoms with E-state index < -0.39 is 0 Å². The van der Waals surface area contributed by atoms with Gasteiger partial charge in [0.2, 0.25) is 5.91 Å². The summed E-state index contributed by atoms with van der Waals surface area (Å²) in [6, 6.07) is 7.87. The summed E-state index contributed by atoms with van der Waals surface area (Å²) in [4.78, 5) is 14.3. The standard InChI is InChI=1S/C15H21ClN2O.ClH/c1-2-18(10-12-5-3-4-6-14(12)16)15(19)11-7-8-13(17)9-11;/h3-6,11,13H,2,7-10,17H2,1H3;1H. The van der Waals surface area contributed by atoms with Crippen LogP contribution in [0.2, 0.25) is 5.02 Å². The first-order valence-corrected chi connectivity index (χ1v) is 7.27. The molecule has 5 heteroatoms. The maximum Gasteiger partial charge on any atom is 0.226 e. The van der Waals surface area contributed by atoms with Crippen LogP contribution in [0.4, 0.5) is 0 Å². The third-order valence-corrected chi connectivity index (χ3v) is 4.20. The fraction of sp³-hybridized carbons (Fsp3) is 0.533. The lowest BCUT2D eigenvalue weighted by atomic mass is 10.1. The van der Waals surface area contributed by atoms with E-state index in [9.17, 15) is 4.79 Å². The minimum Gasteiger partial charge on any atom is -0.338 e. The smallest absolute Gasteiger partial charge is 0.226 e. The normalized spacial score (nSPS) is 21.4. The molecule has 1 aromatic carbocycles. The Morgan fingerprint density at radius 2 is 2.10 bits per heavy atom. The van der Waals surface area contributed by atoms with Crippen LogP contribution in [-0.4, -0.2) is 23.4 Å². The number of amides is 1. The van der Waals surface area contributed by atoms with Crippen LogP contribution in [0, 0.1) is 5.92 Å². The van der Waals surface area contributed by atoms with Gasteiger partial charge in [-0.15, -0.1) is 12.4 Å². The van der Waals surface area contributed by atoms with Gasteiger partial charge in [-0.25, -0.2) is 0 Å². The average Bonchev–Trinajstić information content (AvgIpc) is 2.84. The molecule has 1 aliphatic carbocycles. The van der Waals surface area contributed by atoms with Crippen LogP contribution in [0.25, 0.3) is 0 Å². The van der Waals surface area contributed by atoms with Crippen molar-refractivity contribution in [3.63, 3.8) is 0 Å². The molecule has 0 bridgehead atoms. The molecule has 1 amide bonds. The van der Waals surface area contributed by atoms with Crippen molar-refractivity contribution in [3.05, 3.63) is 34.9 Å². The molecule has 0 aromatic heterocycles. The minimum absolute atomic E-state index is 0. The Balaban J connectivity index is 0.00000200. The molecule has 112 valence electrons. The van der Waals surface area contributed by atoms with Crippen molar-refractivity contribution in [3.8, 4) is 0 Å². The SMILES string of the molecule is CCN(Cc1ccccc1Cl)C(=O)C1CCC(N)C1.Cl. The van der Waals surface area contributed by atoms with Crippen LogP contribution in [0.15, 0.2) is 24.3 Å². The lowest BCUT2D eigenvalue weighted by molar-refractivity contribution is -0.135. The van der Waals surface area contributed by atoms with Crippen molar-refractivity contribution in [1.82, 2.24) is 4.90 Å². The zero-order valence-electron chi connectivity index (χ0n) is 11.7. The first kappa shape index (κ1) is 17.3. The van der Waals surface area contributed by atoms with Gasteiger partial charge in [0.1, 0.15) is 0 Å². The van der Waals surface area contributed by atoms with Crippen LogP contribution in [0.1, 0.15) is 31.7 Å². The monoisotopic (exact) mass is 316 g/mol. The van der Waals surface area contributed by atoms with Gasteiger partial charge in [-0.05, 0) is 37.8 Å². The molecule has 0 heterocycles. The van der Waals surface area contributed by atoms with Gasteiger partial charge in [-0.2, -0.15) is 0 Å². The van der Waals surface area contributed by atoms with Crippen molar-refractivity contribution in [2.24, 2.45) is 11.7 Å². The summed E-state index contributed by atoms with van der Waals surface area (Å²) in [7, 11) is 0. The fourth-order valence-corrected chi connectivity index (χ4v) is 2.87. The number of rotatable bonds is 4. The topological polar surface area (TPSA) is 46.3 Å². The van der Waals surface area contributed by atoms with Crippen LogP contribution in [0.3, 0.4) is 0 Å². The number of carbonyl (C=O) groups is 1. The van der Waals surface area contributed by atoms with Gasteiger partial charge in [-0.3, -0.25) is 4.79 Å². The van der Waals surface area contributed by atoms with Gasteiger partial charge in [0.05, 0.1) is 0 Å². The second-order valence-electron chi connectivity index (χ2n) is 5.21. The Bertz CT molecular complexity index is 453. The number of hydrogen-bond acceptors (Lipinski definition) is 2. The molecule has 0 aliphatic heterocycles. The first-order valence-electron chi connectivity index (χ1n) is 6.89. The van der Waals surface area contributed by atoms with Gasteiger partial charge in [0.25, 0.3) is 0 Å². The molecule has 20 heavy (non-hydrogen) atoms. The van der Waals surface area contributed by atoms with E-state index in [0.717, 1.165) is 29.8 Å². The second kappa shape index (κ2) is 7.87. The van der Waals surface area contributed by atoms with E-state index in [1.54, 1.807) is 0 Å². The molecule has 2 unspecified atom stereocenters. The van der Waals surface area contributed by atoms with E-state index in [1.165, 1.54) is 0 Å². The summed E-state index contributed by atoms with van der Waals surface area (Å²) in [5.74, 6) is 0.313. The summed E-state index contributed by atoms with van der Waals surface area (Å²) in [5, 5.41) is 0.719. The quantitative estimate of drug-likeness (QED) is 0.927. The zero-order chi connectivity index (χ0) is 13.8. The van der Waals surface area contributed by atoms with Gasteiger partial charge in [0, 0.05) is 30.1 Å². The molecule has 0 radical (unpaired) electrons. The maximum absolute atomic E-state index is 12.5. The zero-order valence-corrected chi connectivity index (χ0v) is 13.3. The van der Waals surface area contributed by atoms with Crippen molar-refractivity contribution >= 4 is 29.9 Å². The number of benzene rings is 1. The van der Waals surface area contributed by atoms with E-state index in [-0.39, 0.29) is 30.3 Å². The van der Waals surface area contributed by atoms with Crippen LogP contribution >= 0.6 is 24.0 Å². The van der Waals surface area contributed by atoms with Gasteiger partial charge < -0.3 is 10.6 Å². The Hall–Kier alpha value is -0.770. The highest BCUT2D eigenvalue weighted by molar-refractivity contribution is 6.31. The molecule has 1 aromatic rings. The van der Waals surface area contributed by atoms with Gasteiger partial charge in [0.15, 0.2) is 0 Å². The highest BCUT2D eigenvalue weighted by Gasteiger charge is 2.30. The van der Waals surface area contributed by atoms with E-state index in [0.29, 0.717) is 13.1 Å². The molecule has 2 atom stereocenters. The second-order valence-corrected chi connectivity index (χ2v) is 5.62. The maximum atomic E-state index is 12.5. The third-order valence-electron chi connectivity index (χ3n) is 3.83. The van der Waals surface area contributed by atoms with E-state index in [1.807, 2.05) is 36.1 Å². The molecule has 3 nitrogen and oxygen atoms in total. The summed E-state index contributed by atoms with van der Waals surface area (Å²) >= 11 is 6.15. The van der Waals surface area contributed by atoms with Crippen molar-refractivity contribution in [2.45, 2.75) is 38.8 Å². The van der Waals surface area contributed by atoms with E-state index in [2.05, 4.69) is 0 Å². The number of hydrogen-bond donors (Lipinski definition) is 1. The fourth-order valence-electron chi connectivity index (χ4n) is 2.68. The summed E-state index contributed by atoms with van der Waals surface area (Å²) in [6.45, 7) is 3.29. The predicted octanol–water partition coefficient (Wildman–Crippen LogP) is 3.24. The first-order chi connectivity index (χ1) is 9.11. The van der Waals surface area contributed by atoms with Gasteiger partial charge >= 0.3 is 0 Å². The van der Waals surface area contributed by atoms with E-state index >= 15 is 0 Å². The molecule has 1 aliphatic rings. The lowest BCUT2D eigenvalue weighted by Crippen LogP contribution is -2.35. The highest BCUT2D eigenvalue weighted by atomic mass is 35.5. The molecular weight excluding hydrogens is 295 g/mol. The molecule has 1 saturated carbocycles. The van der Waals surface area contributed by atoms with Crippen LogP contribution in [0.5, 0.6) is 0 Å². The number of nitrogens with two attached hydrogens (primary N) is 1. The summed E-state index contributed by atoms with van der Waals surface area (Å²) < 4.78 is 0.